The molecule has 0 saturated heterocycles. The molecule has 0 saturated carbocycles. The summed E-state index contributed by atoms with van der Waals surface area (Å²) in [6.45, 7) is 0.535. The molecule has 1 aromatic heterocycles. The maximum Gasteiger partial charge on any atom is 0.247 e. The third kappa shape index (κ3) is 4.07. The van der Waals surface area contributed by atoms with Crippen molar-refractivity contribution in [2.45, 2.75) is 31.2 Å². The number of carbonyl (C=O) groups excluding carboxylic acids is 2. The van der Waals surface area contributed by atoms with Crippen LogP contribution in [0.3, 0.4) is 0 Å². The highest BCUT2D eigenvalue weighted by atomic mass is 16.5. The number of aromatic nitrogens is 1. The predicted molar refractivity (Wildman–Crippen MR) is 121 cm³/mol. The molecule has 2 aliphatic rings. The smallest absolute Gasteiger partial charge is 0.247 e. The van der Waals surface area contributed by atoms with Crippen LogP contribution < -0.4 is 10.1 Å². The second-order valence-corrected chi connectivity index (χ2v) is 8.24. The highest BCUT2D eigenvalue weighted by Gasteiger charge is 2.40. The summed E-state index contributed by atoms with van der Waals surface area (Å²) in [6, 6.07) is 19.7. The van der Waals surface area contributed by atoms with Gasteiger partial charge in [-0.15, -0.1) is 0 Å². The molecule has 168 valence electrons. The summed E-state index contributed by atoms with van der Waals surface area (Å²) in [5.41, 5.74) is 3.32. The van der Waals surface area contributed by atoms with Crippen LogP contribution in [-0.4, -0.2) is 41.5 Å². The van der Waals surface area contributed by atoms with E-state index in [1.54, 1.807) is 18.2 Å². The van der Waals surface area contributed by atoms with E-state index in [1.165, 1.54) is 0 Å². The second kappa shape index (κ2) is 9.03. The van der Waals surface area contributed by atoms with Gasteiger partial charge in [-0.25, -0.2) is 0 Å². The lowest BCUT2D eigenvalue weighted by molar-refractivity contribution is -0.143. The van der Waals surface area contributed by atoms with E-state index in [1.807, 2.05) is 66.7 Å². The van der Waals surface area contributed by atoms with E-state index < -0.39 is 12.1 Å². The molecule has 2 amide bonds. The molecule has 1 unspecified atom stereocenters. The molecule has 7 nitrogen and oxygen atoms in total. The Bertz CT molecular complexity index is 1170. The van der Waals surface area contributed by atoms with E-state index in [0.717, 1.165) is 28.1 Å². The Labute approximate surface area is 192 Å². The summed E-state index contributed by atoms with van der Waals surface area (Å²) in [5.74, 6) is 0.388. The average Bonchev–Trinajstić information content (AvgIpc) is 2.85. The first-order valence-electron chi connectivity index (χ1n) is 11.0. The molecule has 33 heavy (non-hydrogen) atoms. The quantitative estimate of drug-likeness (QED) is 0.656. The number of ether oxygens (including phenoxy) is 2. The van der Waals surface area contributed by atoms with Crippen molar-refractivity contribution in [2.24, 2.45) is 0 Å². The van der Waals surface area contributed by atoms with Crippen molar-refractivity contribution in [1.29, 1.82) is 0 Å². The zero-order chi connectivity index (χ0) is 22.8. The lowest BCUT2D eigenvalue weighted by Crippen LogP contribution is -2.52. The van der Waals surface area contributed by atoms with E-state index >= 15 is 0 Å². The predicted octanol–water partition coefficient (Wildman–Crippen LogP) is 2.97. The molecule has 0 radical (unpaired) electrons. The number of hydrogen-bond donors (Lipinski definition) is 1. The maximum absolute atomic E-state index is 13.7. The molecular formula is C26H25N3O4. The Balaban J connectivity index is 1.45. The normalized spacial score (nSPS) is 21.5. The van der Waals surface area contributed by atoms with Crippen molar-refractivity contribution < 1.29 is 19.1 Å². The minimum Gasteiger partial charge on any atom is -0.491 e. The fourth-order valence-corrected chi connectivity index (χ4v) is 4.67. The standard InChI is InChI=1S/C26H25N3O4/c1-32-25-20-11-4-5-12-22(20)33-16-21(25)28-26(31)24-19-10-3-2-8-17(19)14-23(30)29(24)15-18-9-6-7-13-27-18/h2-13,21,24-25H,14-16H2,1H3,(H,28,31)/t21-,24?,25-/m0/s1. The lowest BCUT2D eigenvalue weighted by Gasteiger charge is -2.38. The maximum atomic E-state index is 13.7. The molecule has 3 aromatic rings. The van der Waals surface area contributed by atoms with E-state index in [9.17, 15) is 9.59 Å². The molecule has 3 heterocycles. The number of amides is 2. The highest BCUT2D eigenvalue weighted by Crippen LogP contribution is 2.36. The average molecular weight is 444 g/mol. The van der Waals surface area contributed by atoms with Gasteiger partial charge in [0.05, 0.1) is 24.7 Å². The molecule has 0 fully saturated rings. The van der Waals surface area contributed by atoms with Crippen LogP contribution in [0.4, 0.5) is 0 Å². The minimum absolute atomic E-state index is 0.104. The summed E-state index contributed by atoms with van der Waals surface area (Å²) in [4.78, 5) is 32.8. The number of nitrogens with zero attached hydrogens (tertiary/aromatic N) is 2. The largest absolute Gasteiger partial charge is 0.491 e. The van der Waals surface area contributed by atoms with Crippen LogP contribution in [0.2, 0.25) is 0 Å². The van der Waals surface area contributed by atoms with Crippen molar-refractivity contribution >= 4 is 11.8 Å². The van der Waals surface area contributed by atoms with E-state index in [0.29, 0.717) is 0 Å². The van der Waals surface area contributed by atoms with Crippen molar-refractivity contribution in [2.75, 3.05) is 13.7 Å². The lowest BCUT2D eigenvalue weighted by atomic mass is 9.90. The number of hydrogen-bond acceptors (Lipinski definition) is 5. The van der Waals surface area contributed by atoms with Gasteiger partial charge in [-0.1, -0.05) is 48.5 Å². The van der Waals surface area contributed by atoms with Gasteiger partial charge in [-0.05, 0) is 29.3 Å². The molecule has 1 N–H and O–H groups in total. The number of rotatable bonds is 5. The number of para-hydroxylation sites is 1. The van der Waals surface area contributed by atoms with E-state index in [-0.39, 0.29) is 37.5 Å². The third-order valence-corrected chi connectivity index (χ3v) is 6.22. The second-order valence-electron chi connectivity index (χ2n) is 8.24. The zero-order valence-corrected chi connectivity index (χ0v) is 18.3. The Morgan fingerprint density at radius 1 is 1.09 bits per heavy atom. The Kier molecular flexibility index (Phi) is 5.79. The number of pyridine rings is 1. The number of fused-ring (bicyclic) bond motifs is 2. The van der Waals surface area contributed by atoms with Crippen molar-refractivity contribution in [3.8, 4) is 5.75 Å². The fraction of sp³-hybridized carbons (Fsp3) is 0.269. The molecule has 2 aromatic carbocycles. The summed E-state index contributed by atoms with van der Waals surface area (Å²) in [5, 5.41) is 3.10. The SMILES string of the molecule is CO[C@H]1c2ccccc2OC[C@@H]1NC(=O)C1c2ccccc2CC(=O)N1Cc1ccccn1. The van der Waals surface area contributed by atoms with E-state index in [4.69, 9.17) is 9.47 Å². The number of methoxy groups -OCH3 is 1. The van der Waals surface area contributed by atoms with Crippen LogP contribution in [-0.2, 0) is 27.3 Å². The molecule has 2 aliphatic heterocycles. The van der Waals surface area contributed by atoms with Crippen LogP contribution >= 0.6 is 0 Å². The van der Waals surface area contributed by atoms with Gasteiger partial charge in [-0.3, -0.25) is 14.6 Å². The van der Waals surface area contributed by atoms with Gasteiger partial charge in [-0.2, -0.15) is 0 Å². The zero-order valence-electron chi connectivity index (χ0n) is 18.3. The topological polar surface area (TPSA) is 80.8 Å². The number of nitrogens with one attached hydrogen (secondary N) is 1. The molecule has 0 aliphatic carbocycles. The molecular weight excluding hydrogens is 418 g/mol. The first-order valence-corrected chi connectivity index (χ1v) is 11.0. The van der Waals surface area contributed by atoms with Crippen LogP contribution in [0.5, 0.6) is 5.75 Å². The summed E-state index contributed by atoms with van der Waals surface area (Å²) in [6.07, 6.45) is 1.60. The van der Waals surface area contributed by atoms with Gasteiger partial charge in [0.25, 0.3) is 0 Å². The molecule has 0 spiro atoms. The molecule has 7 heteroatoms. The fourth-order valence-electron chi connectivity index (χ4n) is 4.67. The highest BCUT2D eigenvalue weighted by molar-refractivity contribution is 5.92. The van der Waals surface area contributed by atoms with Gasteiger partial charge in [0.1, 0.15) is 24.5 Å². The Hall–Kier alpha value is -3.71. The molecule has 5 rings (SSSR count). The van der Waals surface area contributed by atoms with Crippen LogP contribution in [0, 0.1) is 0 Å². The molecule has 0 bridgehead atoms. The first-order chi connectivity index (χ1) is 16.2. The van der Waals surface area contributed by atoms with Crippen molar-refractivity contribution in [3.63, 3.8) is 0 Å². The third-order valence-electron chi connectivity index (χ3n) is 6.22. The van der Waals surface area contributed by atoms with Gasteiger partial charge in [0, 0.05) is 18.9 Å². The van der Waals surface area contributed by atoms with Crippen molar-refractivity contribution in [3.05, 3.63) is 95.3 Å². The van der Waals surface area contributed by atoms with Crippen molar-refractivity contribution in [1.82, 2.24) is 15.2 Å². The Morgan fingerprint density at radius 2 is 1.85 bits per heavy atom. The van der Waals surface area contributed by atoms with E-state index in [2.05, 4.69) is 10.3 Å². The number of carbonyl (C=O) groups is 2. The van der Waals surface area contributed by atoms with Gasteiger partial charge >= 0.3 is 0 Å². The summed E-state index contributed by atoms with van der Waals surface area (Å²) >= 11 is 0. The van der Waals surface area contributed by atoms with Gasteiger partial charge in [0.15, 0.2) is 0 Å². The van der Waals surface area contributed by atoms with Crippen LogP contribution in [0.25, 0.3) is 0 Å². The minimum atomic E-state index is -0.765. The van der Waals surface area contributed by atoms with Gasteiger partial charge in [0.2, 0.25) is 11.8 Å². The first kappa shape index (κ1) is 21.2. The number of benzene rings is 2. The monoisotopic (exact) mass is 443 g/mol. The molecule has 3 atom stereocenters. The van der Waals surface area contributed by atoms with Gasteiger partial charge < -0.3 is 19.7 Å². The van der Waals surface area contributed by atoms with Crippen LogP contribution in [0.15, 0.2) is 72.9 Å². The van der Waals surface area contributed by atoms with Crippen LogP contribution in [0.1, 0.15) is 34.5 Å². The summed E-state index contributed by atoms with van der Waals surface area (Å²) in [7, 11) is 1.62. The Morgan fingerprint density at radius 3 is 2.64 bits per heavy atom. The summed E-state index contributed by atoms with van der Waals surface area (Å²) < 4.78 is 11.6.